The number of rotatable bonds is 3. The van der Waals surface area contributed by atoms with Crippen molar-refractivity contribution in [2.24, 2.45) is 0 Å². The van der Waals surface area contributed by atoms with Gasteiger partial charge < -0.3 is 0 Å². The van der Waals surface area contributed by atoms with E-state index in [1.807, 2.05) is 0 Å². The SMILES string of the molecule is O=S(=O)(Nc1[c]cccc1)c1ccc(Cl)cc1. The normalized spacial score (nSPS) is 11.1. The van der Waals surface area contributed by atoms with Crippen molar-refractivity contribution in [2.45, 2.75) is 4.90 Å². The molecule has 2 aromatic rings. The van der Waals surface area contributed by atoms with Gasteiger partial charge in [-0.05, 0) is 30.3 Å². The van der Waals surface area contributed by atoms with E-state index in [0.717, 1.165) is 0 Å². The predicted molar refractivity (Wildman–Crippen MR) is 67.5 cm³/mol. The van der Waals surface area contributed by atoms with Crippen LogP contribution in [0.5, 0.6) is 0 Å². The van der Waals surface area contributed by atoms with E-state index in [0.29, 0.717) is 10.7 Å². The van der Waals surface area contributed by atoms with Crippen molar-refractivity contribution in [1.82, 2.24) is 0 Å². The lowest BCUT2D eigenvalue weighted by Gasteiger charge is -2.07. The summed E-state index contributed by atoms with van der Waals surface area (Å²) in [6.45, 7) is 0. The van der Waals surface area contributed by atoms with Crippen molar-refractivity contribution in [3.63, 3.8) is 0 Å². The molecule has 2 rings (SSSR count). The molecule has 3 nitrogen and oxygen atoms in total. The first kappa shape index (κ1) is 12.0. The van der Waals surface area contributed by atoms with Crippen LogP contribution in [0.4, 0.5) is 5.69 Å². The fraction of sp³-hybridized carbons (Fsp3) is 0. The molecule has 0 amide bonds. The fourth-order valence-corrected chi connectivity index (χ4v) is 2.43. The van der Waals surface area contributed by atoms with E-state index in [-0.39, 0.29) is 4.90 Å². The van der Waals surface area contributed by atoms with Crippen LogP contribution in [0.25, 0.3) is 0 Å². The third kappa shape index (κ3) is 2.99. The zero-order valence-electron chi connectivity index (χ0n) is 8.72. The molecule has 0 atom stereocenters. The van der Waals surface area contributed by atoms with E-state index in [1.54, 1.807) is 24.3 Å². The highest BCUT2D eigenvalue weighted by molar-refractivity contribution is 7.92. The molecule has 0 unspecified atom stereocenters. The third-order valence-corrected chi connectivity index (χ3v) is 3.71. The molecule has 0 aromatic heterocycles. The van der Waals surface area contributed by atoms with Crippen LogP contribution in [0.15, 0.2) is 53.4 Å². The second-order valence-corrected chi connectivity index (χ2v) is 5.45. The van der Waals surface area contributed by atoms with E-state index >= 15 is 0 Å². The Morgan fingerprint density at radius 2 is 1.76 bits per heavy atom. The maximum Gasteiger partial charge on any atom is 0.261 e. The molecular formula is C12H9ClNO2S. The molecule has 2 aromatic carbocycles. The molecule has 0 saturated heterocycles. The van der Waals surface area contributed by atoms with Crippen molar-refractivity contribution >= 4 is 27.3 Å². The molecule has 0 aliphatic heterocycles. The summed E-state index contributed by atoms with van der Waals surface area (Å²) in [5, 5.41) is 0.496. The van der Waals surface area contributed by atoms with Crippen LogP contribution < -0.4 is 4.72 Å². The monoisotopic (exact) mass is 266 g/mol. The standard InChI is InChI=1S/C12H9ClNO2S/c13-10-6-8-12(9-7-10)17(15,16)14-11-4-2-1-3-5-11/h1-4,6-9,14H. The fourth-order valence-electron chi connectivity index (χ4n) is 1.27. The number of benzene rings is 2. The average Bonchev–Trinajstić information content (AvgIpc) is 2.30. The zero-order chi connectivity index (χ0) is 12.3. The zero-order valence-corrected chi connectivity index (χ0v) is 10.3. The predicted octanol–water partition coefficient (Wildman–Crippen LogP) is 2.94. The minimum atomic E-state index is -3.57. The summed E-state index contributed by atoms with van der Waals surface area (Å²) < 4.78 is 26.3. The van der Waals surface area contributed by atoms with E-state index in [1.165, 1.54) is 24.3 Å². The molecule has 5 heteroatoms. The van der Waals surface area contributed by atoms with Gasteiger partial charge >= 0.3 is 0 Å². The highest BCUT2D eigenvalue weighted by Gasteiger charge is 2.13. The van der Waals surface area contributed by atoms with Crippen molar-refractivity contribution in [3.8, 4) is 0 Å². The van der Waals surface area contributed by atoms with Gasteiger partial charge in [-0.2, -0.15) is 0 Å². The van der Waals surface area contributed by atoms with Crippen molar-refractivity contribution in [1.29, 1.82) is 0 Å². The molecule has 0 bridgehead atoms. The van der Waals surface area contributed by atoms with Gasteiger partial charge in [-0.25, -0.2) is 8.42 Å². The Bertz CT molecular complexity index is 594. The van der Waals surface area contributed by atoms with E-state index in [2.05, 4.69) is 10.8 Å². The van der Waals surface area contributed by atoms with Crippen LogP contribution in [0.2, 0.25) is 5.02 Å². The molecule has 0 aliphatic rings. The summed E-state index contributed by atoms with van der Waals surface area (Å²) >= 11 is 5.70. The van der Waals surface area contributed by atoms with Crippen LogP contribution in [0, 0.1) is 6.07 Å². The topological polar surface area (TPSA) is 46.2 Å². The molecule has 0 heterocycles. The number of sulfonamides is 1. The van der Waals surface area contributed by atoms with Gasteiger partial charge in [0.2, 0.25) is 0 Å². The summed E-state index contributed by atoms with van der Waals surface area (Å²) in [4.78, 5) is 0.166. The molecule has 0 spiro atoms. The van der Waals surface area contributed by atoms with Gasteiger partial charge in [0.25, 0.3) is 10.0 Å². The first-order valence-corrected chi connectivity index (χ1v) is 6.69. The van der Waals surface area contributed by atoms with Crippen LogP contribution in [-0.4, -0.2) is 8.42 Å². The number of hydrogen-bond donors (Lipinski definition) is 1. The number of halogens is 1. The highest BCUT2D eigenvalue weighted by Crippen LogP contribution is 2.17. The average molecular weight is 267 g/mol. The van der Waals surface area contributed by atoms with Crippen molar-refractivity contribution in [2.75, 3.05) is 4.72 Å². The number of anilines is 1. The Balaban J connectivity index is 2.29. The Morgan fingerprint density at radius 3 is 2.35 bits per heavy atom. The van der Waals surface area contributed by atoms with Gasteiger partial charge in [0.1, 0.15) is 0 Å². The van der Waals surface area contributed by atoms with Crippen LogP contribution in [0.3, 0.4) is 0 Å². The van der Waals surface area contributed by atoms with Crippen LogP contribution >= 0.6 is 11.6 Å². The minimum Gasteiger partial charge on any atom is -0.279 e. The minimum absolute atomic E-state index is 0.166. The van der Waals surface area contributed by atoms with Gasteiger partial charge in [-0.3, -0.25) is 4.72 Å². The summed E-state index contributed by atoms with van der Waals surface area (Å²) in [5.74, 6) is 0. The second-order valence-electron chi connectivity index (χ2n) is 3.34. The van der Waals surface area contributed by atoms with Gasteiger partial charge in [0, 0.05) is 11.1 Å². The Kier molecular flexibility index (Phi) is 3.36. The van der Waals surface area contributed by atoms with E-state index in [9.17, 15) is 8.42 Å². The first-order chi connectivity index (χ1) is 8.08. The Morgan fingerprint density at radius 1 is 1.06 bits per heavy atom. The van der Waals surface area contributed by atoms with E-state index < -0.39 is 10.0 Å². The van der Waals surface area contributed by atoms with Crippen molar-refractivity contribution in [3.05, 3.63) is 59.6 Å². The molecular weight excluding hydrogens is 258 g/mol. The van der Waals surface area contributed by atoms with Gasteiger partial charge in [0.15, 0.2) is 0 Å². The largest absolute Gasteiger partial charge is 0.279 e. The smallest absolute Gasteiger partial charge is 0.261 e. The molecule has 1 radical (unpaired) electrons. The maximum atomic E-state index is 11.9. The highest BCUT2D eigenvalue weighted by atomic mass is 35.5. The van der Waals surface area contributed by atoms with Crippen LogP contribution in [-0.2, 0) is 10.0 Å². The van der Waals surface area contributed by atoms with E-state index in [4.69, 9.17) is 11.6 Å². The number of nitrogens with one attached hydrogen (secondary N) is 1. The number of hydrogen-bond acceptors (Lipinski definition) is 2. The van der Waals surface area contributed by atoms with Crippen molar-refractivity contribution < 1.29 is 8.42 Å². The lowest BCUT2D eigenvalue weighted by Crippen LogP contribution is -2.12. The third-order valence-electron chi connectivity index (χ3n) is 2.08. The molecule has 0 aliphatic carbocycles. The summed E-state index contributed by atoms with van der Waals surface area (Å²) in [6.07, 6.45) is 0. The van der Waals surface area contributed by atoms with Crippen LogP contribution in [0.1, 0.15) is 0 Å². The molecule has 17 heavy (non-hydrogen) atoms. The summed E-state index contributed by atoms with van der Waals surface area (Å²) in [6, 6.07) is 15.5. The Labute approximate surface area is 105 Å². The van der Waals surface area contributed by atoms with Gasteiger partial charge in [0.05, 0.1) is 10.6 Å². The second kappa shape index (κ2) is 4.77. The molecule has 1 N–H and O–H groups in total. The number of para-hydroxylation sites is 1. The maximum absolute atomic E-state index is 11.9. The Hall–Kier alpha value is -1.52. The lowest BCUT2D eigenvalue weighted by molar-refractivity contribution is 0.601. The molecule has 0 saturated carbocycles. The molecule has 0 fully saturated rings. The summed E-state index contributed by atoms with van der Waals surface area (Å²) in [7, 11) is -3.57. The molecule has 87 valence electrons. The van der Waals surface area contributed by atoms with Gasteiger partial charge in [-0.15, -0.1) is 0 Å². The lowest BCUT2D eigenvalue weighted by atomic mass is 10.3. The first-order valence-electron chi connectivity index (χ1n) is 4.83. The summed E-state index contributed by atoms with van der Waals surface area (Å²) in [5.41, 5.74) is 0.405. The quantitative estimate of drug-likeness (QED) is 0.928. The van der Waals surface area contributed by atoms with Gasteiger partial charge in [-0.1, -0.05) is 29.8 Å².